The first-order valence-corrected chi connectivity index (χ1v) is 5.40. The SMILES string of the molecule is C[C@@H]1CCCN(c2cc(C#N)ccn2)C1. The van der Waals surface area contributed by atoms with Gasteiger partial charge in [-0.15, -0.1) is 0 Å². The molecule has 0 spiro atoms. The zero-order valence-electron chi connectivity index (χ0n) is 8.98. The third kappa shape index (κ3) is 2.27. The van der Waals surface area contributed by atoms with Crippen molar-refractivity contribution in [3.05, 3.63) is 23.9 Å². The molecule has 1 aromatic rings. The number of hydrogen-bond acceptors (Lipinski definition) is 3. The van der Waals surface area contributed by atoms with Crippen LogP contribution in [0.25, 0.3) is 0 Å². The smallest absolute Gasteiger partial charge is 0.129 e. The molecule has 1 aromatic heterocycles. The minimum absolute atomic E-state index is 0.693. The molecule has 0 N–H and O–H groups in total. The van der Waals surface area contributed by atoms with Crippen molar-refractivity contribution in [2.45, 2.75) is 19.8 Å². The van der Waals surface area contributed by atoms with Crippen LogP contribution in [0.1, 0.15) is 25.3 Å². The normalized spacial score (nSPS) is 21.1. The summed E-state index contributed by atoms with van der Waals surface area (Å²) in [5, 5.41) is 8.82. The van der Waals surface area contributed by atoms with Crippen LogP contribution in [-0.4, -0.2) is 18.1 Å². The Morgan fingerprint density at radius 3 is 3.20 bits per heavy atom. The number of pyridine rings is 1. The van der Waals surface area contributed by atoms with Crippen molar-refractivity contribution in [3.8, 4) is 6.07 Å². The van der Waals surface area contributed by atoms with Crippen molar-refractivity contribution >= 4 is 5.82 Å². The molecule has 0 aromatic carbocycles. The average Bonchev–Trinajstić information content (AvgIpc) is 2.29. The topological polar surface area (TPSA) is 39.9 Å². The Balaban J connectivity index is 2.18. The molecule has 3 heteroatoms. The van der Waals surface area contributed by atoms with E-state index < -0.39 is 0 Å². The average molecular weight is 201 g/mol. The van der Waals surface area contributed by atoms with Gasteiger partial charge in [0, 0.05) is 19.3 Å². The summed E-state index contributed by atoms with van der Waals surface area (Å²) >= 11 is 0. The fourth-order valence-corrected chi connectivity index (χ4v) is 2.06. The van der Waals surface area contributed by atoms with Crippen molar-refractivity contribution < 1.29 is 0 Å². The Bertz CT molecular complexity index is 381. The van der Waals surface area contributed by atoms with E-state index in [0.29, 0.717) is 5.56 Å². The summed E-state index contributed by atoms with van der Waals surface area (Å²) in [5.74, 6) is 1.67. The van der Waals surface area contributed by atoms with E-state index in [9.17, 15) is 0 Å². The van der Waals surface area contributed by atoms with Gasteiger partial charge in [-0.2, -0.15) is 5.26 Å². The molecule has 0 amide bonds. The van der Waals surface area contributed by atoms with E-state index >= 15 is 0 Å². The van der Waals surface area contributed by atoms with Crippen LogP contribution in [0.4, 0.5) is 5.82 Å². The lowest BCUT2D eigenvalue weighted by molar-refractivity contribution is 0.444. The maximum atomic E-state index is 8.82. The molecule has 1 atom stereocenters. The van der Waals surface area contributed by atoms with Gasteiger partial charge in [0.25, 0.3) is 0 Å². The predicted molar refractivity (Wildman–Crippen MR) is 59.6 cm³/mol. The Hall–Kier alpha value is -1.56. The third-order valence-corrected chi connectivity index (χ3v) is 2.86. The number of piperidine rings is 1. The summed E-state index contributed by atoms with van der Waals surface area (Å²) in [4.78, 5) is 6.59. The van der Waals surface area contributed by atoms with Gasteiger partial charge in [0.05, 0.1) is 11.6 Å². The molecule has 1 aliphatic heterocycles. The number of nitrogens with zero attached hydrogens (tertiary/aromatic N) is 3. The van der Waals surface area contributed by atoms with E-state index in [0.717, 1.165) is 24.8 Å². The van der Waals surface area contributed by atoms with E-state index in [1.807, 2.05) is 6.07 Å². The molecule has 15 heavy (non-hydrogen) atoms. The summed E-state index contributed by atoms with van der Waals surface area (Å²) in [7, 11) is 0. The van der Waals surface area contributed by atoms with Gasteiger partial charge < -0.3 is 4.90 Å². The van der Waals surface area contributed by atoms with Crippen molar-refractivity contribution in [1.29, 1.82) is 5.26 Å². The molecule has 2 rings (SSSR count). The maximum Gasteiger partial charge on any atom is 0.129 e. The maximum absolute atomic E-state index is 8.82. The van der Waals surface area contributed by atoms with Crippen LogP contribution in [0.3, 0.4) is 0 Å². The lowest BCUT2D eigenvalue weighted by Crippen LogP contribution is -2.34. The predicted octanol–water partition coefficient (Wildman–Crippen LogP) is 2.19. The highest BCUT2D eigenvalue weighted by molar-refractivity contribution is 5.45. The minimum Gasteiger partial charge on any atom is -0.356 e. The van der Waals surface area contributed by atoms with Gasteiger partial charge in [-0.25, -0.2) is 4.98 Å². The highest BCUT2D eigenvalue weighted by atomic mass is 15.2. The summed E-state index contributed by atoms with van der Waals surface area (Å²) in [5.41, 5.74) is 0.693. The largest absolute Gasteiger partial charge is 0.356 e. The summed E-state index contributed by atoms with van der Waals surface area (Å²) in [6, 6.07) is 5.77. The summed E-state index contributed by atoms with van der Waals surface area (Å²) < 4.78 is 0. The van der Waals surface area contributed by atoms with Crippen molar-refractivity contribution in [1.82, 2.24) is 4.98 Å². The Kier molecular flexibility index (Phi) is 2.86. The second-order valence-electron chi connectivity index (χ2n) is 4.21. The molecule has 78 valence electrons. The van der Waals surface area contributed by atoms with Crippen molar-refractivity contribution in [2.24, 2.45) is 5.92 Å². The molecular formula is C12H15N3. The number of rotatable bonds is 1. The first-order chi connectivity index (χ1) is 7.29. The first kappa shape index (κ1) is 9.97. The fraction of sp³-hybridized carbons (Fsp3) is 0.500. The Morgan fingerprint density at radius 2 is 2.47 bits per heavy atom. The van der Waals surface area contributed by atoms with Gasteiger partial charge in [-0.1, -0.05) is 6.92 Å². The molecule has 3 nitrogen and oxygen atoms in total. The number of aromatic nitrogens is 1. The molecule has 0 bridgehead atoms. The van der Waals surface area contributed by atoms with E-state index in [4.69, 9.17) is 5.26 Å². The number of nitriles is 1. The molecule has 0 saturated carbocycles. The summed E-state index contributed by atoms with van der Waals surface area (Å²) in [6.07, 6.45) is 4.24. The third-order valence-electron chi connectivity index (χ3n) is 2.86. The quantitative estimate of drug-likeness (QED) is 0.699. The minimum atomic E-state index is 0.693. The van der Waals surface area contributed by atoms with Crippen molar-refractivity contribution in [2.75, 3.05) is 18.0 Å². The second-order valence-corrected chi connectivity index (χ2v) is 4.21. The number of hydrogen-bond donors (Lipinski definition) is 0. The molecule has 0 radical (unpaired) electrons. The second kappa shape index (κ2) is 4.31. The van der Waals surface area contributed by atoms with Gasteiger partial charge in [0.1, 0.15) is 5.82 Å². The van der Waals surface area contributed by atoms with Gasteiger partial charge in [-0.3, -0.25) is 0 Å². The molecular weight excluding hydrogens is 186 g/mol. The van der Waals surface area contributed by atoms with Gasteiger partial charge in [0.15, 0.2) is 0 Å². The Labute approximate surface area is 90.4 Å². The highest BCUT2D eigenvalue weighted by Gasteiger charge is 2.17. The van der Waals surface area contributed by atoms with Crippen LogP contribution < -0.4 is 4.90 Å². The van der Waals surface area contributed by atoms with Gasteiger partial charge in [-0.05, 0) is 30.9 Å². The van der Waals surface area contributed by atoms with E-state index in [1.165, 1.54) is 12.8 Å². The van der Waals surface area contributed by atoms with Gasteiger partial charge in [0.2, 0.25) is 0 Å². The molecule has 0 unspecified atom stereocenters. The van der Waals surface area contributed by atoms with Gasteiger partial charge >= 0.3 is 0 Å². The molecule has 0 aliphatic carbocycles. The lowest BCUT2D eigenvalue weighted by Gasteiger charge is -2.31. The fourth-order valence-electron chi connectivity index (χ4n) is 2.06. The lowest BCUT2D eigenvalue weighted by atomic mass is 10.0. The van der Waals surface area contributed by atoms with Crippen LogP contribution >= 0.6 is 0 Å². The van der Waals surface area contributed by atoms with Crippen LogP contribution in [0.2, 0.25) is 0 Å². The summed E-state index contributed by atoms with van der Waals surface area (Å²) in [6.45, 7) is 4.38. The molecule has 2 heterocycles. The van der Waals surface area contributed by atoms with Crippen LogP contribution in [-0.2, 0) is 0 Å². The van der Waals surface area contributed by atoms with Crippen LogP contribution in [0, 0.1) is 17.2 Å². The zero-order chi connectivity index (χ0) is 10.7. The molecule has 1 fully saturated rings. The Morgan fingerprint density at radius 1 is 1.60 bits per heavy atom. The number of anilines is 1. The highest BCUT2D eigenvalue weighted by Crippen LogP contribution is 2.21. The van der Waals surface area contributed by atoms with Crippen LogP contribution in [0.5, 0.6) is 0 Å². The van der Waals surface area contributed by atoms with E-state index in [2.05, 4.69) is 22.9 Å². The zero-order valence-corrected chi connectivity index (χ0v) is 8.98. The monoisotopic (exact) mass is 201 g/mol. The molecule has 1 aliphatic rings. The standard InChI is InChI=1S/C12H15N3/c1-10-3-2-6-15(9-10)12-7-11(8-13)4-5-14-12/h4-5,7,10H,2-3,6,9H2,1H3/t10-/m1/s1. The van der Waals surface area contributed by atoms with E-state index in [-0.39, 0.29) is 0 Å². The first-order valence-electron chi connectivity index (χ1n) is 5.40. The van der Waals surface area contributed by atoms with Crippen molar-refractivity contribution in [3.63, 3.8) is 0 Å². The van der Waals surface area contributed by atoms with Crippen LogP contribution in [0.15, 0.2) is 18.3 Å². The van der Waals surface area contributed by atoms with E-state index in [1.54, 1.807) is 12.3 Å². The molecule has 1 saturated heterocycles.